The van der Waals surface area contributed by atoms with Crippen LogP contribution in [0.15, 0.2) is 12.3 Å². The third-order valence-corrected chi connectivity index (χ3v) is 3.51. The van der Waals surface area contributed by atoms with Crippen LogP contribution in [0.4, 0.5) is 0 Å². The lowest BCUT2D eigenvalue weighted by Crippen LogP contribution is -2.39. The fourth-order valence-electron chi connectivity index (χ4n) is 2.52. The van der Waals surface area contributed by atoms with Gasteiger partial charge in [-0.15, -0.1) is 0 Å². The van der Waals surface area contributed by atoms with Crippen molar-refractivity contribution in [3.8, 4) is 0 Å². The Labute approximate surface area is 94.6 Å². The number of carbonyl (C=O) groups excluding carboxylic acids is 1. The predicted octanol–water partition coefficient (Wildman–Crippen LogP) is 0.936. The number of carbonyl (C=O) groups is 1. The highest BCUT2D eigenvalue weighted by molar-refractivity contribution is 5.79. The lowest BCUT2D eigenvalue weighted by Gasteiger charge is -2.28. The van der Waals surface area contributed by atoms with Crippen LogP contribution in [0.3, 0.4) is 0 Å². The molecule has 1 saturated heterocycles. The summed E-state index contributed by atoms with van der Waals surface area (Å²) in [4.78, 5) is 17.4. The standard InChI is InChI=1S/C12H16N2O2/c15-12(10-3-6-16-8-10)14-5-2-11-9(7-14)1-4-13-11/h1,4,10,13H,2-3,5-8H2. The monoisotopic (exact) mass is 220 g/mol. The smallest absolute Gasteiger partial charge is 0.228 e. The SMILES string of the molecule is O=C(C1CCOC1)N1CCc2[nH]ccc2C1. The van der Waals surface area contributed by atoms with Gasteiger partial charge in [0.1, 0.15) is 0 Å². The van der Waals surface area contributed by atoms with Crippen molar-refractivity contribution >= 4 is 5.91 Å². The highest BCUT2D eigenvalue weighted by atomic mass is 16.5. The van der Waals surface area contributed by atoms with E-state index in [0.717, 1.165) is 32.5 Å². The minimum atomic E-state index is 0.0977. The first-order chi connectivity index (χ1) is 7.84. The first-order valence-corrected chi connectivity index (χ1v) is 5.86. The van der Waals surface area contributed by atoms with Gasteiger partial charge in [-0.05, 0) is 18.1 Å². The molecule has 3 rings (SSSR count). The lowest BCUT2D eigenvalue weighted by atomic mass is 10.0. The quantitative estimate of drug-likeness (QED) is 0.765. The van der Waals surface area contributed by atoms with E-state index in [-0.39, 0.29) is 11.8 Å². The fraction of sp³-hybridized carbons (Fsp3) is 0.583. The van der Waals surface area contributed by atoms with E-state index in [2.05, 4.69) is 11.1 Å². The number of nitrogens with zero attached hydrogens (tertiary/aromatic N) is 1. The summed E-state index contributed by atoms with van der Waals surface area (Å²) in [5.74, 6) is 0.366. The number of H-pyrrole nitrogens is 1. The van der Waals surface area contributed by atoms with Crippen molar-refractivity contribution in [2.45, 2.75) is 19.4 Å². The van der Waals surface area contributed by atoms with Crippen molar-refractivity contribution in [2.75, 3.05) is 19.8 Å². The maximum Gasteiger partial charge on any atom is 0.228 e. The Morgan fingerprint density at radius 2 is 2.50 bits per heavy atom. The molecule has 1 N–H and O–H groups in total. The number of rotatable bonds is 1. The van der Waals surface area contributed by atoms with Crippen LogP contribution in [-0.4, -0.2) is 35.5 Å². The second kappa shape index (κ2) is 3.94. The van der Waals surface area contributed by atoms with E-state index < -0.39 is 0 Å². The van der Waals surface area contributed by atoms with Crippen molar-refractivity contribution in [3.63, 3.8) is 0 Å². The summed E-state index contributed by atoms with van der Waals surface area (Å²) in [6, 6.07) is 2.07. The Hall–Kier alpha value is -1.29. The largest absolute Gasteiger partial charge is 0.381 e. The third-order valence-electron chi connectivity index (χ3n) is 3.51. The molecule has 3 heterocycles. The van der Waals surface area contributed by atoms with Crippen LogP contribution < -0.4 is 0 Å². The van der Waals surface area contributed by atoms with Gasteiger partial charge < -0.3 is 14.6 Å². The van der Waals surface area contributed by atoms with E-state index >= 15 is 0 Å². The molecule has 2 aliphatic rings. The minimum Gasteiger partial charge on any atom is -0.381 e. The zero-order chi connectivity index (χ0) is 11.0. The normalized spacial score (nSPS) is 24.5. The highest BCUT2D eigenvalue weighted by Gasteiger charge is 2.30. The predicted molar refractivity (Wildman–Crippen MR) is 58.8 cm³/mol. The Balaban J connectivity index is 1.71. The highest BCUT2D eigenvalue weighted by Crippen LogP contribution is 2.22. The first-order valence-electron chi connectivity index (χ1n) is 5.86. The van der Waals surface area contributed by atoms with Gasteiger partial charge in [-0.25, -0.2) is 0 Å². The van der Waals surface area contributed by atoms with Crippen molar-refractivity contribution < 1.29 is 9.53 Å². The van der Waals surface area contributed by atoms with E-state index in [1.165, 1.54) is 11.3 Å². The fourth-order valence-corrected chi connectivity index (χ4v) is 2.52. The molecule has 0 saturated carbocycles. The van der Waals surface area contributed by atoms with Gasteiger partial charge >= 0.3 is 0 Å². The molecular weight excluding hydrogens is 204 g/mol. The summed E-state index contributed by atoms with van der Waals surface area (Å²) in [5.41, 5.74) is 2.55. The molecule has 0 radical (unpaired) electrons. The van der Waals surface area contributed by atoms with Crippen molar-refractivity contribution in [1.82, 2.24) is 9.88 Å². The Morgan fingerprint density at radius 1 is 1.56 bits per heavy atom. The van der Waals surface area contributed by atoms with E-state index in [1.54, 1.807) is 0 Å². The topological polar surface area (TPSA) is 45.3 Å². The summed E-state index contributed by atoms with van der Waals surface area (Å²) < 4.78 is 5.27. The minimum absolute atomic E-state index is 0.0977. The molecular formula is C12H16N2O2. The molecule has 16 heavy (non-hydrogen) atoms. The number of nitrogens with one attached hydrogen (secondary N) is 1. The van der Waals surface area contributed by atoms with Gasteiger partial charge in [0.25, 0.3) is 0 Å². The van der Waals surface area contributed by atoms with Crippen molar-refractivity contribution in [1.29, 1.82) is 0 Å². The van der Waals surface area contributed by atoms with Crippen LogP contribution in [0.5, 0.6) is 0 Å². The van der Waals surface area contributed by atoms with Crippen molar-refractivity contribution in [3.05, 3.63) is 23.5 Å². The van der Waals surface area contributed by atoms with Gasteiger partial charge in [-0.3, -0.25) is 4.79 Å². The molecule has 1 atom stereocenters. The Kier molecular flexibility index (Phi) is 2.44. The van der Waals surface area contributed by atoms with Crippen molar-refractivity contribution in [2.24, 2.45) is 5.92 Å². The Morgan fingerprint density at radius 3 is 3.31 bits per heavy atom. The maximum atomic E-state index is 12.2. The summed E-state index contributed by atoms with van der Waals surface area (Å²) in [5, 5.41) is 0. The lowest BCUT2D eigenvalue weighted by molar-refractivity contribution is -0.136. The van der Waals surface area contributed by atoms with Crippen LogP contribution in [0.1, 0.15) is 17.7 Å². The second-order valence-corrected chi connectivity index (χ2v) is 4.55. The molecule has 1 aromatic rings. The Bertz CT molecular complexity index is 393. The van der Waals surface area contributed by atoms with Gasteiger partial charge in [-0.2, -0.15) is 0 Å². The molecule has 0 bridgehead atoms. The number of aromatic amines is 1. The molecule has 86 valence electrons. The number of fused-ring (bicyclic) bond motifs is 1. The van der Waals surface area contributed by atoms with E-state index in [9.17, 15) is 4.79 Å². The van der Waals surface area contributed by atoms with Crippen LogP contribution >= 0.6 is 0 Å². The molecule has 4 nitrogen and oxygen atoms in total. The average Bonchev–Trinajstić information content (AvgIpc) is 2.98. The van der Waals surface area contributed by atoms with Crippen LogP contribution in [0, 0.1) is 5.92 Å². The summed E-state index contributed by atoms with van der Waals surface area (Å²) in [6.07, 6.45) is 3.79. The van der Waals surface area contributed by atoms with Gasteiger partial charge in [0.2, 0.25) is 5.91 Å². The molecule has 1 amide bonds. The first kappa shape index (κ1) is 9.90. The van der Waals surface area contributed by atoms with Gasteiger partial charge in [-0.1, -0.05) is 0 Å². The molecule has 4 heteroatoms. The molecule has 1 unspecified atom stereocenters. The van der Waals surface area contributed by atoms with Crippen LogP contribution in [-0.2, 0) is 22.5 Å². The molecule has 2 aliphatic heterocycles. The molecule has 0 aliphatic carbocycles. The number of hydrogen-bond acceptors (Lipinski definition) is 2. The number of hydrogen-bond donors (Lipinski definition) is 1. The van der Waals surface area contributed by atoms with Crippen LogP contribution in [0.2, 0.25) is 0 Å². The van der Waals surface area contributed by atoms with Gasteiger partial charge in [0.05, 0.1) is 12.5 Å². The maximum absolute atomic E-state index is 12.2. The summed E-state index contributed by atoms with van der Waals surface area (Å²) >= 11 is 0. The van der Waals surface area contributed by atoms with E-state index in [1.807, 2.05) is 11.1 Å². The molecule has 0 aromatic carbocycles. The van der Waals surface area contributed by atoms with E-state index in [4.69, 9.17) is 4.74 Å². The third kappa shape index (κ3) is 1.63. The van der Waals surface area contributed by atoms with Crippen LogP contribution in [0.25, 0.3) is 0 Å². The molecule has 0 spiro atoms. The van der Waals surface area contributed by atoms with Gasteiger partial charge in [0, 0.05) is 38.0 Å². The zero-order valence-electron chi connectivity index (χ0n) is 9.24. The summed E-state index contributed by atoms with van der Waals surface area (Å²) in [6.45, 7) is 2.94. The molecule has 1 aromatic heterocycles. The number of ether oxygens (including phenoxy) is 1. The molecule has 1 fully saturated rings. The number of amides is 1. The average molecular weight is 220 g/mol. The zero-order valence-corrected chi connectivity index (χ0v) is 9.24. The van der Waals surface area contributed by atoms with Gasteiger partial charge in [0.15, 0.2) is 0 Å². The second-order valence-electron chi connectivity index (χ2n) is 4.55. The summed E-state index contributed by atoms with van der Waals surface area (Å²) in [7, 11) is 0. The number of aromatic nitrogens is 1. The van der Waals surface area contributed by atoms with E-state index in [0.29, 0.717) is 6.61 Å².